The van der Waals surface area contributed by atoms with Crippen molar-refractivity contribution in [2.45, 2.75) is 37.2 Å². The fourth-order valence-electron chi connectivity index (χ4n) is 3.33. The minimum atomic E-state index is -2.85. The van der Waals surface area contributed by atoms with E-state index in [1.807, 2.05) is 21.1 Å². The summed E-state index contributed by atoms with van der Waals surface area (Å²) in [5.74, 6) is -4.53. The number of rotatable bonds is 7. The smallest absolute Gasteiger partial charge is 0.343 e. The average Bonchev–Trinajstić information content (AvgIpc) is 2.91. The fourth-order valence-corrected chi connectivity index (χ4v) is 3.33. The van der Waals surface area contributed by atoms with E-state index in [9.17, 15) is 18.7 Å². The number of carbonyl (C=O) groups is 1. The quantitative estimate of drug-likeness (QED) is 0.464. The highest BCUT2D eigenvalue weighted by atomic mass is 19.3. The SMILES string of the molecule is C[N+](C)(C)CCCOC(=O)[C@](O)(c1ccccc1)[C@@H]1CCC(F)(F)C1. The number of halogens is 2. The first-order chi connectivity index (χ1) is 11.5. The Morgan fingerprint density at radius 3 is 2.48 bits per heavy atom. The third-order valence-corrected chi connectivity index (χ3v) is 4.73. The van der Waals surface area contributed by atoms with Crippen LogP contribution >= 0.6 is 0 Å². The molecule has 0 aromatic heterocycles. The standard InChI is InChI=1S/C19H28F2NO3/c1-22(2,3)12-7-13-25-17(23)19(24,15-8-5-4-6-9-15)16-10-11-18(20,21)14-16/h4-6,8-9,16,24H,7,10-14H2,1-3H3/q+1/t16-,19+/m1/s1. The van der Waals surface area contributed by atoms with Gasteiger partial charge in [-0.1, -0.05) is 30.3 Å². The number of hydrogen-bond acceptors (Lipinski definition) is 3. The van der Waals surface area contributed by atoms with Crippen molar-refractivity contribution in [2.75, 3.05) is 34.3 Å². The van der Waals surface area contributed by atoms with Gasteiger partial charge in [-0.05, 0) is 12.0 Å². The maximum atomic E-state index is 13.7. The first-order valence-corrected chi connectivity index (χ1v) is 8.68. The molecule has 0 radical (unpaired) electrons. The van der Waals surface area contributed by atoms with E-state index in [-0.39, 0.29) is 19.4 Å². The molecule has 0 aliphatic heterocycles. The second kappa shape index (κ2) is 7.38. The molecule has 1 aromatic carbocycles. The van der Waals surface area contributed by atoms with Crippen molar-refractivity contribution in [1.29, 1.82) is 0 Å². The molecule has 1 aromatic rings. The van der Waals surface area contributed by atoms with E-state index in [0.717, 1.165) is 11.0 Å². The molecule has 1 N–H and O–H groups in total. The predicted octanol–water partition coefficient (Wildman–Crippen LogP) is 2.95. The van der Waals surface area contributed by atoms with Gasteiger partial charge in [-0.2, -0.15) is 0 Å². The molecule has 6 heteroatoms. The van der Waals surface area contributed by atoms with Crippen LogP contribution in [0, 0.1) is 5.92 Å². The van der Waals surface area contributed by atoms with Gasteiger partial charge in [-0.15, -0.1) is 0 Å². The van der Waals surface area contributed by atoms with Crippen molar-refractivity contribution in [3.63, 3.8) is 0 Å². The molecule has 0 bridgehead atoms. The summed E-state index contributed by atoms with van der Waals surface area (Å²) < 4.78 is 33.4. The first-order valence-electron chi connectivity index (χ1n) is 8.68. The van der Waals surface area contributed by atoms with Gasteiger partial charge in [-0.3, -0.25) is 0 Å². The molecule has 2 rings (SSSR count). The van der Waals surface area contributed by atoms with E-state index in [0.29, 0.717) is 12.0 Å². The summed E-state index contributed by atoms with van der Waals surface area (Å²) in [6, 6.07) is 8.28. The number of hydrogen-bond donors (Lipinski definition) is 1. The van der Waals surface area contributed by atoms with E-state index in [1.54, 1.807) is 30.3 Å². The zero-order chi connectivity index (χ0) is 18.7. The van der Waals surface area contributed by atoms with E-state index in [1.165, 1.54) is 0 Å². The van der Waals surface area contributed by atoms with Crippen molar-refractivity contribution in [1.82, 2.24) is 0 Å². The monoisotopic (exact) mass is 356 g/mol. The summed E-state index contributed by atoms with van der Waals surface area (Å²) in [5, 5.41) is 11.1. The lowest BCUT2D eigenvalue weighted by molar-refractivity contribution is -0.870. The van der Waals surface area contributed by atoms with Crippen molar-refractivity contribution in [3.8, 4) is 0 Å². The Balaban J connectivity index is 2.14. The molecular weight excluding hydrogens is 328 g/mol. The Bertz CT molecular complexity index is 586. The van der Waals surface area contributed by atoms with Crippen LogP contribution in [0.5, 0.6) is 0 Å². The Morgan fingerprint density at radius 2 is 1.96 bits per heavy atom. The van der Waals surface area contributed by atoms with Crippen LogP contribution in [0.1, 0.15) is 31.2 Å². The summed E-state index contributed by atoms with van der Waals surface area (Å²) >= 11 is 0. The van der Waals surface area contributed by atoms with Crippen molar-refractivity contribution in [2.24, 2.45) is 5.92 Å². The molecule has 25 heavy (non-hydrogen) atoms. The third-order valence-electron chi connectivity index (χ3n) is 4.73. The van der Waals surface area contributed by atoms with Gasteiger partial charge in [0.15, 0.2) is 5.60 Å². The molecule has 0 heterocycles. The Kier molecular flexibility index (Phi) is 5.84. The molecule has 0 spiro atoms. The largest absolute Gasteiger partial charge is 0.463 e. The summed E-state index contributed by atoms with van der Waals surface area (Å²) in [6.45, 7) is 0.963. The van der Waals surface area contributed by atoms with Gasteiger partial charge < -0.3 is 14.3 Å². The Hall–Kier alpha value is -1.53. The van der Waals surface area contributed by atoms with Gasteiger partial charge >= 0.3 is 5.97 Å². The van der Waals surface area contributed by atoms with E-state index in [4.69, 9.17) is 4.74 Å². The molecule has 0 unspecified atom stereocenters. The number of quaternary nitrogens is 1. The van der Waals surface area contributed by atoms with Crippen LogP contribution in [0.2, 0.25) is 0 Å². The molecule has 4 nitrogen and oxygen atoms in total. The molecule has 1 aliphatic carbocycles. The van der Waals surface area contributed by atoms with Crippen LogP contribution in [0.25, 0.3) is 0 Å². The lowest BCUT2D eigenvalue weighted by Gasteiger charge is -2.32. The number of aliphatic hydroxyl groups is 1. The number of nitrogens with zero attached hydrogens (tertiary/aromatic N) is 1. The Labute approximate surface area is 148 Å². The summed E-state index contributed by atoms with van der Waals surface area (Å²) in [5.41, 5.74) is -1.72. The Morgan fingerprint density at radius 1 is 1.32 bits per heavy atom. The van der Waals surface area contributed by atoms with Crippen LogP contribution < -0.4 is 0 Å². The maximum absolute atomic E-state index is 13.7. The van der Waals surface area contributed by atoms with E-state index < -0.39 is 29.8 Å². The van der Waals surface area contributed by atoms with Gasteiger partial charge in [0.1, 0.15) is 0 Å². The van der Waals surface area contributed by atoms with Gasteiger partial charge in [0, 0.05) is 25.2 Å². The number of ether oxygens (including phenoxy) is 1. The van der Waals surface area contributed by atoms with Crippen LogP contribution in [0.15, 0.2) is 30.3 Å². The highest BCUT2D eigenvalue weighted by Crippen LogP contribution is 2.47. The molecule has 1 fully saturated rings. The topological polar surface area (TPSA) is 46.5 Å². The molecular formula is C19H28F2NO3+. The van der Waals surface area contributed by atoms with Crippen LogP contribution in [-0.4, -0.2) is 55.8 Å². The zero-order valence-electron chi connectivity index (χ0n) is 15.2. The summed E-state index contributed by atoms with van der Waals surface area (Å²) in [6.07, 6.45) is -0.0960. The third kappa shape index (κ3) is 4.98. The number of carbonyl (C=O) groups excluding carboxylic acids is 1. The normalized spacial score (nSPS) is 22.4. The molecule has 140 valence electrons. The minimum absolute atomic E-state index is 0.0897. The molecule has 1 saturated carbocycles. The average molecular weight is 356 g/mol. The maximum Gasteiger partial charge on any atom is 0.343 e. The van der Waals surface area contributed by atoms with Crippen LogP contribution in [0.4, 0.5) is 8.78 Å². The first kappa shape index (κ1) is 19.8. The van der Waals surface area contributed by atoms with E-state index >= 15 is 0 Å². The molecule has 2 atom stereocenters. The van der Waals surface area contributed by atoms with Crippen molar-refractivity contribution in [3.05, 3.63) is 35.9 Å². The lowest BCUT2D eigenvalue weighted by Crippen LogP contribution is -2.44. The van der Waals surface area contributed by atoms with Gasteiger partial charge in [-0.25, -0.2) is 13.6 Å². The van der Waals surface area contributed by atoms with Gasteiger partial charge in [0.2, 0.25) is 5.92 Å². The van der Waals surface area contributed by atoms with Gasteiger partial charge in [0.25, 0.3) is 0 Å². The van der Waals surface area contributed by atoms with Crippen molar-refractivity contribution >= 4 is 5.97 Å². The number of benzene rings is 1. The predicted molar refractivity (Wildman–Crippen MR) is 91.1 cm³/mol. The summed E-state index contributed by atoms with van der Waals surface area (Å²) in [4.78, 5) is 12.7. The highest BCUT2D eigenvalue weighted by molar-refractivity contribution is 5.81. The molecule has 0 saturated heterocycles. The number of alkyl halides is 2. The minimum Gasteiger partial charge on any atom is -0.463 e. The molecule has 1 aliphatic rings. The molecule has 0 amide bonds. The van der Waals surface area contributed by atoms with Crippen molar-refractivity contribution < 1.29 is 27.9 Å². The van der Waals surface area contributed by atoms with E-state index in [2.05, 4.69) is 0 Å². The second-order valence-electron chi connectivity index (χ2n) is 7.93. The van der Waals surface area contributed by atoms with Crippen LogP contribution in [-0.2, 0) is 15.1 Å². The van der Waals surface area contributed by atoms with Crippen LogP contribution in [0.3, 0.4) is 0 Å². The fraction of sp³-hybridized carbons (Fsp3) is 0.632. The number of esters is 1. The second-order valence-corrected chi connectivity index (χ2v) is 7.93. The summed E-state index contributed by atoms with van der Waals surface area (Å²) in [7, 11) is 6.09. The zero-order valence-corrected chi connectivity index (χ0v) is 15.2. The highest BCUT2D eigenvalue weighted by Gasteiger charge is 2.54. The lowest BCUT2D eigenvalue weighted by atomic mass is 9.80. The van der Waals surface area contributed by atoms with Gasteiger partial charge in [0.05, 0.1) is 34.3 Å².